The number of anilines is 1. The van der Waals surface area contributed by atoms with Crippen LogP contribution in [0, 0.1) is 0 Å². The fourth-order valence-corrected chi connectivity index (χ4v) is 2.33. The van der Waals surface area contributed by atoms with Crippen LogP contribution in [0.3, 0.4) is 0 Å². The molecule has 0 unspecified atom stereocenters. The Bertz CT molecular complexity index is 747. The molecule has 1 saturated heterocycles. The van der Waals surface area contributed by atoms with Crippen LogP contribution in [-0.2, 0) is 4.74 Å². The molecule has 2 heterocycles. The van der Waals surface area contributed by atoms with Gasteiger partial charge in [-0.2, -0.15) is 4.98 Å². The Balaban J connectivity index is 2.16. The van der Waals surface area contributed by atoms with Crippen LogP contribution in [0.5, 0.6) is 0 Å². The molecule has 0 amide bonds. The van der Waals surface area contributed by atoms with Gasteiger partial charge in [-0.25, -0.2) is 14.2 Å². The van der Waals surface area contributed by atoms with Crippen molar-refractivity contribution in [3.8, 4) is 5.69 Å². The number of hydrogen-bond donors (Lipinski definition) is 1. The van der Waals surface area contributed by atoms with Gasteiger partial charge in [0.05, 0.1) is 18.9 Å². The lowest BCUT2D eigenvalue weighted by Gasteiger charge is -2.29. The second kappa shape index (κ2) is 5.71. The number of morpholine rings is 1. The molecular weight excluding hydrogens is 296 g/mol. The largest absolute Gasteiger partial charge is 0.378 e. The average molecular weight is 309 g/mol. The molecule has 3 rings (SSSR count). The predicted octanol–water partition coefficient (Wildman–Crippen LogP) is 0.411. The van der Waals surface area contributed by atoms with Crippen LogP contribution in [0.1, 0.15) is 0 Å². The van der Waals surface area contributed by atoms with Gasteiger partial charge in [0.15, 0.2) is 0 Å². The summed E-state index contributed by atoms with van der Waals surface area (Å²) < 4.78 is 6.65. The smallest absolute Gasteiger partial charge is 0.352 e. The van der Waals surface area contributed by atoms with Crippen LogP contribution in [0.15, 0.2) is 33.9 Å². The minimum atomic E-state index is -0.660. The van der Waals surface area contributed by atoms with Crippen LogP contribution in [0.2, 0.25) is 5.02 Å². The van der Waals surface area contributed by atoms with E-state index < -0.39 is 11.4 Å². The summed E-state index contributed by atoms with van der Waals surface area (Å²) in [5.74, 6) is 0.314. The van der Waals surface area contributed by atoms with E-state index in [1.807, 2.05) is 4.90 Å². The van der Waals surface area contributed by atoms with Crippen LogP contribution >= 0.6 is 11.6 Å². The second-order valence-corrected chi connectivity index (χ2v) is 4.99. The van der Waals surface area contributed by atoms with Gasteiger partial charge < -0.3 is 9.64 Å². The topological polar surface area (TPSA) is 80.2 Å². The number of nitrogens with zero attached hydrogens (tertiary/aromatic N) is 3. The Kier molecular flexibility index (Phi) is 3.76. The number of ether oxygens (including phenoxy) is 1. The van der Waals surface area contributed by atoms with Gasteiger partial charge in [0.2, 0.25) is 5.95 Å². The fraction of sp³-hybridized carbons (Fsp3) is 0.308. The molecule has 8 heteroatoms. The predicted molar refractivity (Wildman–Crippen MR) is 78.5 cm³/mol. The lowest BCUT2D eigenvalue weighted by atomic mass is 10.3. The Morgan fingerprint density at radius 3 is 2.48 bits per heavy atom. The van der Waals surface area contributed by atoms with E-state index >= 15 is 0 Å². The van der Waals surface area contributed by atoms with Crippen molar-refractivity contribution in [3.05, 3.63) is 50.3 Å². The highest BCUT2D eigenvalue weighted by Crippen LogP contribution is 2.17. The van der Waals surface area contributed by atoms with Crippen LogP contribution in [0.4, 0.5) is 5.95 Å². The highest BCUT2D eigenvalue weighted by atomic mass is 35.5. The molecule has 1 aromatic heterocycles. The fourth-order valence-electron chi connectivity index (χ4n) is 2.21. The second-order valence-electron chi connectivity index (χ2n) is 4.56. The van der Waals surface area contributed by atoms with Crippen molar-refractivity contribution >= 4 is 17.5 Å². The molecule has 2 aromatic rings. The number of hydrogen-bond acceptors (Lipinski definition) is 5. The SMILES string of the molecule is O=c1nc(N2CCOCC2)n(-c2ccc(Cl)cc2)c(=O)[nH]1. The van der Waals surface area contributed by atoms with E-state index in [9.17, 15) is 9.59 Å². The molecule has 0 spiro atoms. The molecule has 1 aliphatic rings. The molecule has 0 saturated carbocycles. The summed E-state index contributed by atoms with van der Waals surface area (Å²) in [4.78, 5) is 31.7. The summed E-state index contributed by atoms with van der Waals surface area (Å²) >= 11 is 5.86. The maximum Gasteiger partial charge on any atom is 0.352 e. The molecule has 1 N–H and O–H groups in total. The number of aromatic nitrogens is 3. The molecule has 1 aromatic carbocycles. The van der Waals surface area contributed by atoms with Gasteiger partial charge >= 0.3 is 11.4 Å². The van der Waals surface area contributed by atoms with E-state index in [-0.39, 0.29) is 0 Å². The number of nitrogens with one attached hydrogen (secondary N) is 1. The molecule has 0 aliphatic carbocycles. The molecule has 1 aliphatic heterocycles. The van der Waals surface area contributed by atoms with Crippen LogP contribution in [-0.4, -0.2) is 40.8 Å². The third-order valence-corrected chi connectivity index (χ3v) is 3.45. The lowest BCUT2D eigenvalue weighted by molar-refractivity contribution is 0.121. The Morgan fingerprint density at radius 2 is 1.81 bits per heavy atom. The Morgan fingerprint density at radius 1 is 1.14 bits per heavy atom. The van der Waals surface area contributed by atoms with Crippen molar-refractivity contribution in [3.63, 3.8) is 0 Å². The van der Waals surface area contributed by atoms with Gasteiger partial charge in [0, 0.05) is 18.1 Å². The van der Waals surface area contributed by atoms with Gasteiger partial charge in [-0.05, 0) is 24.3 Å². The van der Waals surface area contributed by atoms with Crippen molar-refractivity contribution in [2.24, 2.45) is 0 Å². The summed E-state index contributed by atoms with van der Waals surface area (Å²) in [7, 11) is 0. The zero-order valence-electron chi connectivity index (χ0n) is 11.1. The Labute approximate surface area is 124 Å². The summed E-state index contributed by atoms with van der Waals surface area (Å²) in [5, 5.41) is 0.567. The highest BCUT2D eigenvalue weighted by Gasteiger charge is 2.19. The zero-order valence-corrected chi connectivity index (χ0v) is 11.8. The zero-order chi connectivity index (χ0) is 14.8. The van der Waals surface area contributed by atoms with Gasteiger partial charge in [-0.1, -0.05) is 11.6 Å². The van der Waals surface area contributed by atoms with E-state index in [4.69, 9.17) is 16.3 Å². The van der Waals surface area contributed by atoms with Gasteiger partial charge in [-0.15, -0.1) is 0 Å². The number of benzene rings is 1. The first-order valence-electron chi connectivity index (χ1n) is 6.47. The first kappa shape index (κ1) is 13.8. The number of aromatic amines is 1. The van der Waals surface area contributed by atoms with E-state index in [0.717, 1.165) is 0 Å². The molecular formula is C13H13ClN4O3. The quantitative estimate of drug-likeness (QED) is 0.869. The minimum absolute atomic E-state index is 0.314. The lowest BCUT2D eigenvalue weighted by Crippen LogP contribution is -2.43. The minimum Gasteiger partial charge on any atom is -0.378 e. The van der Waals surface area contributed by atoms with Gasteiger partial charge in [0.25, 0.3) is 0 Å². The molecule has 7 nitrogen and oxygen atoms in total. The van der Waals surface area contributed by atoms with Crippen molar-refractivity contribution in [1.82, 2.24) is 14.5 Å². The van der Waals surface area contributed by atoms with E-state index in [2.05, 4.69) is 9.97 Å². The molecule has 0 radical (unpaired) electrons. The number of H-pyrrole nitrogens is 1. The maximum atomic E-state index is 12.2. The molecule has 0 atom stereocenters. The summed E-state index contributed by atoms with van der Waals surface area (Å²) in [6.45, 7) is 2.21. The maximum absolute atomic E-state index is 12.2. The van der Waals surface area contributed by atoms with Crippen molar-refractivity contribution < 1.29 is 4.74 Å². The van der Waals surface area contributed by atoms with Crippen molar-refractivity contribution in [2.75, 3.05) is 31.2 Å². The monoisotopic (exact) mass is 308 g/mol. The molecule has 0 bridgehead atoms. The van der Waals surface area contributed by atoms with Crippen molar-refractivity contribution in [2.45, 2.75) is 0 Å². The van der Waals surface area contributed by atoms with Gasteiger partial charge in [-0.3, -0.25) is 4.98 Å². The van der Waals surface area contributed by atoms with E-state index in [1.165, 1.54) is 4.57 Å². The van der Waals surface area contributed by atoms with Crippen LogP contribution in [0.25, 0.3) is 5.69 Å². The van der Waals surface area contributed by atoms with Crippen LogP contribution < -0.4 is 16.3 Å². The van der Waals surface area contributed by atoms with E-state index in [0.29, 0.717) is 43.0 Å². The van der Waals surface area contributed by atoms with Gasteiger partial charge in [0.1, 0.15) is 0 Å². The first-order chi connectivity index (χ1) is 10.1. The van der Waals surface area contributed by atoms with Crippen molar-refractivity contribution in [1.29, 1.82) is 0 Å². The summed E-state index contributed by atoms with van der Waals surface area (Å²) in [6, 6.07) is 6.76. The number of rotatable bonds is 2. The molecule has 110 valence electrons. The highest BCUT2D eigenvalue weighted by molar-refractivity contribution is 6.30. The summed E-state index contributed by atoms with van der Waals surface area (Å²) in [5.41, 5.74) is -0.597. The van der Waals surface area contributed by atoms with E-state index in [1.54, 1.807) is 24.3 Å². The third kappa shape index (κ3) is 2.84. The number of halogens is 1. The average Bonchev–Trinajstić information content (AvgIpc) is 2.49. The Hall–Kier alpha value is -2.12. The molecule has 1 fully saturated rings. The molecule has 21 heavy (non-hydrogen) atoms. The normalized spacial score (nSPS) is 15.2. The standard InChI is InChI=1S/C13H13ClN4O3/c14-9-1-3-10(4-2-9)18-12(15-11(19)16-13(18)20)17-5-7-21-8-6-17/h1-4H,5-8H2,(H,16,19,20). The first-order valence-corrected chi connectivity index (χ1v) is 6.85. The summed E-state index contributed by atoms with van der Waals surface area (Å²) in [6.07, 6.45) is 0. The third-order valence-electron chi connectivity index (χ3n) is 3.20.